The van der Waals surface area contributed by atoms with E-state index < -0.39 is 5.60 Å². The fourth-order valence-electron chi connectivity index (χ4n) is 1.44. The molecule has 1 N–H and O–H groups in total. The van der Waals surface area contributed by atoms with Crippen molar-refractivity contribution in [2.75, 3.05) is 13.7 Å². The number of ether oxygens (including phenoxy) is 1. The molecule has 1 rings (SSSR count). The molecule has 0 atom stereocenters. The molecule has 0 unspecified atom stereocenters. The summed E-state index contributed by atoms with van der Waals surface area (Å²) in [5.41, 5.74) is -0.469. The number of amides is 1. The fourth-order valence-corrected chi connectivity index (χ4v) is 1.44. The van der Waals surface area contributed by atoms with Crippen molar-refractivity contribution in [3.8, 4) is 0 Å². The Hall–Kier alpha value is -0.570. The van der Waals surface area contributed by atoms with Crippen molar-refractivity contribution < 1.29 is 9.53 Å². The van der Waals surface area contributed by atoms with E-state index in [0.717, 1.165) is 19.3 Å². The maximum Gasteiger partial charge on any atom is 0.251 e. The van der Waals surface area contributed by atoms with Gasteiger partial charge in [0.25, 0.3) is 5.91 Å². The van der Waals surface area contributed by atoms with Gasteiger partial charge in [0, 0.05) is 13.7 Å². The minimum absolute atomic E-state index is 0.0330. The van der Waals surface area contributed by atoms with Crippen molar-refractivity contribution >= 4 is 5.91 Å². The number of rotatable bonds is 3. The van der Waals surface area contributed by atoms with Crippen molar-refractivity contribution in [2.24, 2.45) is 0 Å². The predicted octanol–water partition coefficient (Wildman–Crippen LogP) is 0.692. The molecule has 0 spiro atoms. The second kappa shape index (κ2) is 3.22. The van der Waals surface area contributed by atoms with Crippen LogP contribution in [0.4, 0.5) is 0 Å². The molecule has 0 aromatic rings. The van der Waals surface area contributed by atoms with Crippen LogP contribution in [0.3, 0.4) is 0 Å². The molecule has 0 saturated heterocycles. The lowest BCUT2D eigenvalue weighted by Gasteiger charge is -2.39. The van der Waals surface area contributed by atoms with Crippen LogP contribution in [0.2, 0.25) is 0 Å². The van der Waals surface area contributed by atoms with Crippen LogP contribution >= 0.6 is 0 Å². The zero-order chi connectivity index (χ0) is 8.32. The van der Waals surface area contributed by atoms with Gasteiger partial charge in [-0.2, -0.15) is 0 Å². The maximum absolute atomic E-state index is 11.3. The number of nitrogens with one attached hydrogen (secondary N) is 1. The molecule has 0 radical (unpaired) electrons. The lowest BCUT2D eigenvalue weighted by molar-refractivity contribution is -0.158. The molecule has 1 fully saturated rings. The smallest absolute Gasteiger partial charge is 0.251 e. The average Bonchev–Trinajstić information content (AvgIpc) is 1.95. The van der Waals surface area contributed by atoms with E-state index in [0.29, 0.717) is 6.61 Å². The largest absolute Gasteiger partial charge is 0.365 e. The highest BCUT2D eigenvalue weighted by molar-refractivity contribution is 5.85. The molecule has 0 aliphatic heterocycles. The monoisotopic (exact) mass is 157 g/mol. The molecule has 1 saturated carbocycles. The van der Waals surface area contributed by atoms with Crippen LogP contribution in [0.1, 0.15) is 26.2 Å². The molecule has 1 aliphatic carbocycles. The molecule has 1 aliphatic rings. The normalized spacial score (nSPS) is 20.5. The number of hydrogen-bond acceptors (Lipinski definition) is 2. The van der Waals surface area contributed by atoms with Crippen LogP contribution in [0.25, 0.3) is 0 Å². The van der Waals surface area contributed by atoms with Crippen LogP contribution in [0.5, 0.6) is 0 Å². The Kier molecular flexibility index (Phi) is 2.49. The highest BCUT2D eigenvalue weighted by Crippen LogP contribution is 2.35. The van der Waals surface area contributed by atoms with E-state index in [1.54, 1.807) is 7.05 Å². The molecule has 3 heteroatoms. The Balaban J connectivity index is 2.52. The third-order valence-electron chi connectivity index (χ3n) is 2.22. The Morgan fingerprint density at radius 2 is 2.27 bits per heavy atom. The molecule has 11 heavy (non-hydrogen) atoms. The summed E-state index contributed by atoms with van der Waals surface area (Å²) in [6, 6.07) is 0. The minimum Gasteiger partial charge on any atom is -0.365 e. The molecule has 0 aromatic carbocycles. The first-order valence-electron chi connectivity index (χ1n) is 4.11. The summed E-state index contributed by atoms with van der Waals surface area (Å²) in [7, 11) is 1.65. The highest BCUT2D eigenvalue weighted by Gasteiger charge is 2.44. The summed E-state index contributed by atoms with van der Waals surface area (Å²) in [6.07, 6.45) is 2.86. The summed E-state index contributed by atoms with van der Waals surface area (Å²) in [5.74, 6) is 0.0330. The zero-order valence-electron chi connectivity index (χ0n) is 7.14. The molecule has 64 valence electrons. The van der Waals surface area contributed by atoms with Gasteiger partial charge in [-0.15, -0.1) is 0 Å². The first kappa shape index (κ1) is 8.53. The quantitative estimate of drug-likeness (QED) is 0.654. The highest BCUT2D eigenvalue weighted by atomic mass is 16.5. The van der Waals surface area contributed by atoms with E-state index in [2.05, 4.69) is 5.32 Å². The van der Waals surface area contributed by atoms with E-state index in [9.17, 15) is 4.79 Å². The summed E-state index contributed by atoms with van der Waals surface area (Å²) in [5, 5.41) is 2.63. The SMILES string of the molecule is CCOC1(C(=O)NC)CCC1. The first-order valence-corrected chi connectivity index (χ1v) is 4.11. The molecule has 3 nitrogen and oxygen atoms in total. The van der Waals surface area contributed by atoms with Crippen LogP contribution in [-0.4, -0.2) is 25.2 Å². The van der Waals surface area contributed by atoms with Gasteiger partial charge >= 0.3 is 0 Å². The first-order chi connectivity index (χ1) is 5.25. The molecule has 0 bridgehead atoms. The van der Waals surface area contributed by atoms with Crippen molar-refractivity contribution in [2.45, 2.75) is 31.8 Å². The fraction of sp³-hybridized carbons (Fsp3) is 0.875. The van der Waals surface area contributed by atoms with Gasteiger partial charge in [-0.1, -0.05) is 0 Å². The topological polar surface area (TPSA) is 38.3 Å². The Morgan fingerprint density at radius 1 is 1.64 bits per heavy atom. The minimum atomic E-state index is -0.469. The lowest BCUT2D eigenvalue weighted by atomic mass is 9.79. The van der Waals surface area contributed by atoms with Crippen LogP contribution < -0.4 is 5.32 Å². The van der Waals surface area contributed by atoms with Crippen molar-refractivity contribution in [1.82, 2.24) is 5.32 Å². The summed E-state index contributed by atoms with van der Waals surface area (Å²) in [6.45, 7) is 2.54. The average molecular weight is 157 g/mol. The Morgan fingerprint density at radius 3 is 2.55 bits per heavy atom. The number of likely N-dealkylation sites (N-methyl/N-ethyl adjacent to an activating group) is 1. The van der Waals surface area contributed by atoms with Gasteiger partial charge < -0.3 is 10.1 Å². The number of hydrogen-bond donors (Lipinski definition) is 1. The maximum atomic E-state index is 11.3. The third-order valence-corrected chi connectivity index (χ3v) is 2.22. The number of carbonyl (C=O) groups is 1. The van der Waals surface area contributed by atoms with E-state index in [1.807, 2.05) is 6.92 Å². The second-order valence-electron chi connectivity index (χ2n) is 2.86. The standard InChI is InChI=1S/C8H15NO2/c1-3-11-8(5-4-6-8)7(10)9-2/h3-6H2,1-2H3,(H,9,10). The van der Waals surface area contributed by atoms with Crippen LogP contribution in [0, 0.1) is 0 Å². The Bertz CT molecular complexity index is 152. The van der Waals surface area contributed by atoms with Gasteiger partial charge in [-0.25, -0.2) is 0 Å². The van der Waals surface area contributed by atoms with Gasteiger partial charge in [0.05, 0.1) is 0 Å². The molecule has 0 heterocycles. The zero-order valence-corrected chi connectivity index (χ0v) is 7.14. The predicted molar refractivity (Wildman–Crippen MR) is 42.3 cm³/mol. The molecular formula is C8H15NO2. The van der Waals surface area contributed by atoms with E-state index in [4.69, 9.17) is 4.74 Å². The Labute approximate surface area is 67.1 Å². The summed E-state index contributed by atoms with van der Waals surface area (Å²) >= 11 is 0. The number of carbonyl (C=O) groups excluding carboxylic acids is 1. The van der Waals surface area contributed by atoms with Gasteiger partial charge in [0.15, 0.2) is 0 Å². The molecule has 0 aromatic heterocycles. The van der Waals surface area contributed by atoms with Gasteiger partial charge in [-0.3, -0.25) is 4.79 Å². The molecular weight excluding hydrogens is 142 g/mol. The summed E-state index contributed by atoms with van der Waals surface area (Å²) < 4.78 is 5.41. The van der Waals surface area contributed by atoms with Crippen LogP contribution in [-0.2, 0) is 9.53 Å². The lowest BCUT2D eigenvalue weighted by Crippen LogP contribution is -2.52. The second-order valence-corrected chi connectivity index (χ2v) is 2.86. The van der Waals surface area contributed by atoms with E-state index in [-0.39, 0.29) is 5.91 Å². The van der Waals surface area contributed by atoms with E-state index in [1.165, 1.54) is 0 Å². The van der Waals surface area contributed by atoms with Crippen molar-refractivity contribution in [3.05, 3.63) is 0 Å². The summed E-state index contributed by atoms with van der Waals surface area (Å²) in [4.78, 5) is 11.3. The molecule has 1 amide bonds. The van der Waals surface area contributed by atoms with Crippen LogP contribution in [0.15, 0.2) is 0 Å². The van der Waals surface area contributed by atoms with Crippen molar-refractivity contribution in [3.63, 3.8) is 0 Å². The van der Waals surface area contributed by atoms with Gasteiger partial charge in [0.1, 0.15) is 5.60 Å². The van der Waals surface area contributed by atoms with Gasteiger partial charge in [0.2, 0.25) is 0 Å². The third kappa shape index (κ3) is 1.38. The van der Waals surface area contributed by atoms with E-state index >= 15 is 0 Å². The van der Waals surface area contributed by atoms with Gasteiger partial charge in [-0.05, 0) is 26.2 Å². The van der Waals surface area contributed by atoms with Crippen molar-refractivity contribution in [1.29, 1.82) is 0 Å².